The van der Waals surface area contributed by atoms with Crippen LogP contribution in [0.2, 0.25) is 0 Å². The lowest BCUT2D eigenvalue weighted by Gasteiger charge is -2.10. The second kappa shape index (κ2) is 6.42. The SMILES string of the molecule is CC[C@H](NCCCC(=O)O)C(=O)O. The van der Waals surface area contributed by atoms with Gasteiger partial charge >= 0.3 is 11.9 Å². The summed E-state index contributed by atoms with van der Waals surface area (Å²) in [6, 6.07) is -0.561. The van der Waals surface area contributed by atoms with Gasteiger partial charge in [0, 0.05) is 6.42 Å². The predicted molar refractivity (Wildman–Crippen MR) is 46.6 cm³/mol. The Hall–Kier alpha value is -1.10. The van der Waals surface area contributed by atoms with Gasteiger partial charge in [0.15, 0.2) is 0 Å². The first-order valence-electron chi connectivity index (χ1n) is 4.26. The molecule has 0 fully saturated rings. The van der Waals surface area contributed by atoms with Gasteiger partial charge in [-0.3, -0.25) is 9.59 Å². The van der Waals surface area contributed by atoms with E-state index in [0.29, 0.717) is 19.4 Å². The summed E-state index contributed by atoms with van der Waals surface area (Å²) < 4.78 is 0. The highest BCUT2D eigenvalue weighted by molar-refractivity contribution is 5.73. The van der Waals surface area contributed by atoms with Crippen molar-refractivity contribution in [2.45, 2.75) is 32.2 Å². The van der Waals surface area contributed by atoms with Crippen LogP contribution in [0, 0.1) is 0 Å². The van der Waals surface area contributed by atoms with E-state index >= 15 is 0 Å². The number of hydrogen-bond donors (Lipinski definition) is 3. The fourth-order valence-electron chi connectivity index (χ4n) is 0.922. The zero-order valence-corrected chi connectivity index (χ0v) is 7.62. The van der Waals surface area contributed by atoms with Crippen LogP contribution >= 0.6 is 0 Å². The van der Waals surface area contributed by atoms with Gasteiger partial charge in [-0.05, 0) is 19.4 Å². The molecular formula is C8H15NO4. The van der Waals surface area contributed by atoms with Gasteiger partial charge in [-0.2, -0.15) is 0 Å². The van der Waals surface area contributed by atoms with Gasteiger partial charge in [-0.25, -0.2) is 0 Å². The predicted octanol–water partition coefficient (Wildman–Crippen LogP) is 0.304. The molecule has 5 nitrogen and oxygen atoms in total. The van der Waals surface area contributed by atoms with E-state index in [1.807, 2.05) is 0 Å². The number of carboxylic acid groups (broad SMARTS) is 2. The summed E-state index contributed by atoms with van der Waals surface area (Å²) in [5, 5.41) is 19.7. The van der Waals surface area contributed by atoms with Crippen molar-refractivity contribution in [3.8, 4) is 0 Å². The second-order valence-corrected chi connectivity index (χ2v) is 2.75. The molecular weight excluding hydrogens is 174 g/mol. The molecule has 0 spiro atoms. The third-order valence-electron chi connectivity index (χ3n) is 1.66. The van der Waals surface area contributed by atoms with Crippen LogP contribution in [0.3, 0.4) is 0 Å². The van der Waals surface area contributed by atoms with Crippen molar-refractivity contribution in [2.75, 3.05) is 6.54 Å². The van der Waals surface area contributed by atoms with E-state index in [1.165, 1.54) is 0 Å². The molecule has 0 unspecified atom stereocenters. The summed E-state index contributed by atoms with van der Waals surface area (Å²) >= 11 is 0. The molecule has 0 saturated heterocycles. The highest BCUT2D eigenvalue weighted by atomic mass is 16.4. The van der Waals surface area contributed by atoms with Gasteiger partial charge in [0.25, 0.3) is 0 Å². The lowest BCUT2D eigenvalue weighted by Crippen LogP contribution is -2.36. The number of aliphatic carboxylic acids is 2. The summed E-state index contributed by atoms with van der Waals surface area (Å²) in [4.78, 5) is 20.6. The normalized spacial score (nSPS) is 12.4. The summed E-state index contributed by atoms with van der Waals surface area (Å²) in [6.07, 6.45) is 1.03. The molecule has 0 aliphatic rings. The maximum Gasteiger partial charge on any atom is 0.320 e. The third-order valence-corrected chi connectivity index (χ3v) is 1.66. The van der Waals surface area contributed by atoms with Crippen molar-refractivity contribution >= 4 is 11.9 Å². The molecule has 0 aromatic heterocycles. The molecule has 0 amide bonds. The molecule has 0 aliphatic heterocycles. The van der Waals surface area contributed by atoms with Gasteiger partial charge < -0.3 is 15.5 Å². The standard InChI is InChI=1S/C8H15NO4/c1-2-6(8(12)13)9-5-3-4-7(10)11/h6,9H,2-5H2,1H3,(H,10,11)(H,12,13)/t6-/m0/s1. The highest BCUT2D eigenvalue weighted by Gasteiger charge is 2.12. The van der Waals surface area contributed by atoms with Crippen molar-refractivity contribution in [3.63, 3.8) is 0 Å². The Bertz CT molecular complexity index is 181. The van der Waals surface area contributed by atoms with Crippen LogP contribution in [-0.2, 0) is 9.59 Å². The smallest absolute Gasteiger partial charge is 0.320 e. The Kier molecular flexibility index (Phi) is 5.88. The van der Waals surface area contributed by atoms with Gasteiger partial charge in [-0.1, -0.05) is 6.92 Å². The number of rotatable bonds is 7. The summed E-state index contributed by atoms with van der Waals surface area (Å²) in [5.74, 6) is -1.75. The molecule has 3 N–H and O–H groups in total. The molecule has 0 heterocycles. The average Bonchev–Trinajstić information content (AvgIpc) is 2.03. The Labute approximate surface area is 76.8 Å². The van der Waals surface area contributed by atoms with Crippen molar-refractivity contribution in [1.82, 2.24) is 5.32 Å². The van der Waals surface area contributed by atoms with E-state index in [2.05, 4.69) is 5.32 Å². The zero-order valence-electron chi connectivity index (χ0n) is 7.62. The van der Waals surface area contributed by atoms with Crippen LogP contribution in [0.25, 0.3) is 0 Å². The van der Waals surface area contributed by atoms with Crippen molar-refractivity contribution in [1.29, 1.82) is 0 Å². The number of hydrogen-bond acceptors (Lipinski definition) is 3. The Morgan fingerprint density at radius 2 is 2.00 bits per heavy atom. The van der Waals surface area contributed by atoms with Crippen LogP contribution in [0.15, 0.2) is 0 Å². The highest BCUT2D eigenvalue weighted by Crippen LogP contribution is 1.92. The monoisotopic (exact) mass is 189 g/mol. The van der Waals surface area contributed by atoms with Crippen molar-refractivity contribution in [2.24, 2.45) is 0 Å². The van der Waals surface area contributed by atoms with Crippen LogP contribution in [0.1, 0.15) is 26.2 Å². The summed E-state index contributed by atoms with van der Waals surface area (Å²) in [7, 11) is 0. The van der Waals surface area contributed by atoms with Gasteiger partial charge in [-0.15, -0.1) is 0 Å². The van der Waals surface area contributed by atoms with Crippen LogP contribution in [0.4, 0.5) is 0 Å². The summed E-state index contributed by atoms with van der Waals surface area (Å²) in [6.45, 7) is 2.19. The maximum atomic E-state index is 10.5. The van der Waals surface area contributed by atoms with E-state index in [9.17, 15) is 9.59 Å². The molecule has 76 valence electrons. The van der Waals surface area contributed by atoms with Crippen LogP contribution < -0.4 is 5.32 Å². The van der Waals surface area contributed by atoms with E-state index in [1.54, 1.807) is 6.92 Å². The van der Waals surface area contributed by atoms with Crippen LogP contribution in [-0.4, -0.2) is 34.7 Å². The second-order valence-electron chi connectivity index (χ2n) is 2.75. The molecule has 5 heteroatoms. The fourth-order valence-corrected chi connectivity index (χ4v) is 0.922. The summed E-state index contributed by atoms with van der Waals surface area (Å²) in [5.41, 5.74) is 0. The first-order chi connectivity index (χ1) is 6.07. The molecule has 0 rings (SSSR count). The fraction of sp³-hybridized carbons (Fsp3) is 0.750. The average molecular weight is 189 g/mol. The molecule has 0 aliphatic carbocycles. The number of carboxylic acids is 2. The lowest BCUT2D eigenvalue weighted by atomic mass is 10.2. The van der Waals surface area contributed by atoms with Gasteiger partial charge in [0.1, 0.15) is 6.04 Å². The first-order valence-corrected chi connectivity index (χ1v) is 4.26. The Morgan fingerprint density at radius 1 is 1.38 bits per heavy atom. The van der Waals surface area contributed by atoms with E-state index in [4.69, 9.17) is 10.2 Å². The molecule has 13 heavy (non-hydrogen) atoms. The molecule has 0 aromatic rings. The zero-order chi connectivity index (χ0) is 10.3. The maximum absolute atomic E-state index is 10.5. The van der Waals surface area contributed by atoms with E-state index in [-0.39, 0.29) is 6.42 Å². The topological polar surface area (TPSA) is 86.6 Å². The minimum atomic E-state index is -0.891. The van der Waals surface area contributed by atoms with Gasteiger partial charge in [0.05, 0.1) is 0 Å². The van der Waals surface area contributed by atoms with Crippen molar-refractivity contribution < 1.29 is 19.8 Å². The van der Waals surface area contributed by atoms with E-state index in [0.717, 1.165) is 0 Å². The number of nitrogens with one attached hydrogen (secondary N) is 1. The van der Waals surface area contributed by atoms with Crippen LogP contribution in [0.5, 0.6) is 0 Å². The Balaban J connectivity index is 3.50. The Morgan fingerprint density at radius 3 is 2.38 bits per heavy atom. The minimum absolute atomic E-state index is 0.0725. The largest absolute Gasteiger partial charge is 0.481 e. The first kappa shape index (κ1) is 11.9. The lowest BCUT2D eigenvalue weighted by molar-refractivity contribution is -0.139. The van der Waals surface area contributed by atoms with Gasteiger partial charge in [0.2, 0.25) is 0 Å². The molecule has 0 radical (unpaired) electrons. The minimum Gasteiger partial charge on any atom is -0.481 e. The molecule has 0 aromatic carbocycles. The quantitative estimate of drug-likeness (QED) is 0.501. The molecule has 0 saturated carbocycles. The number of carbonyl (C=O) groups is 2. The molecule has 0 bridgehead atoms. The molecule has 1 atom stereocenters. The van der Waals surface area contributed by atoms with Crippen molar-refractivity contribution in [3.05, 3.63) is 0 Å². The van der Waals surface area contributed by atoms with E-state index < -0.39 is 18.0 Å². The third kappa shape index (κ3) is 6.10.